The summed E-state index contributed by atoms with van der Waals surface area (Å²) in [7, 11) is 1.99. The molecular formula is C15H31Cl2N3O. The Morgan fingerprint density at radius 3 is 2.33 bits per heavy atom. The highest BCUT2D eigenvalue weighted by molar-refractivity contribution is 5.85. The van der Waals surface area contributed by atoms with Gasteiger partial charge in [-0.25, -0.2) is 0 Å². The van der Waals surface area contributed by atoms with Gasteiger partial charge in [0.05, 0.1) is 0 Å². The topological polar surface area (TPSA) is 49.6 Å². The van der Waals surface area contributed by atoms with Gasteiger partial charge < -0.3 is 15.5 Å². The number of nitrogens with zero attached hydrogens (tertiary/aromatic N) is 2. The molecule has 2 aliphatic rings. The average Bonchev–Trinajstić information content (AvgIpc) is 2.46. The molecule has 2 unspecified atom stereocenters. The van der Waals surface area contributed by atoms with Gasteiger partial charge in [0.15, 0.2) is 0 Å². The van der Waals surface area contributed by atoms with Gasteiger partial charge in [-0.05, 0) is 38.6 Å². The van der Waals surface area contributed by atoms with Gasteiger partial charge in [-0.1, -0.05) is 13.3 Å². The Bertz CT molecular complexity index is 309. The zero-order chi connectivity index (χ0) is 13.8. The Morgan fingerprint density at radius 2 is 1.81 bits per heavy atom. The van der Waals surface area contributed by atoms with Gasteiger partial charge in [0.2, 0.25) is 5.91 Å². The molecule has 6 heteroatoms. The maximum Gasteiger partial charge on any atom is 0.225 e. The van der Waals surface area contributed by atoms with E-state index in [-0.39, 0.29) is 36.8 Å². The van der Waals surface area contributed by atoms with Crippen LogP contribution in [-0.4, -0.2) is 54.5 Å². The molecule has 2 rings (SSSR count). The first-order valence-corrected chi connectivity index (χ1v) is 7.86. The molecule has 1 aliphatic carbocycles. The van der Waals surface area contributed by atoms with Crippen LogP contribution in [0.4, 0.5) is 0 Å². The van der Waals surface area contributed by atoms with Crippen LogP contribution in [0, 0.1) is 5.92 Å². The average molecular weight is 340 g/mol. The predicted molar refractivity (Wildman–Crippen MR) is 92.3 cm³/mol. The highest BCUT2D eigenvalue weighted by Crippen LogP contribution is 2.26. The summed E-state index contributed by atoms with van der Waals surface area (Å²) < 4.78 is 0. The second kappa shape index (κ2) is 9.88. The fourth-order valence-corrected chi connectivity index (χ4v) is 3.54. The standard InChI is InChI=1S/C15H29N3O.2ClH/c1-3-18-9-7-14(8-10-18)17(2)15(19)12-5-4-6-13(16)11-12;;/h12-14H,3-11,16H2,1-2H3;2*1H. The Hall–Kier alpha value is -0.0300. The third-order valence-corrected chi connectivity index (χ3v) is 4.96. The van der Waals surface area contributed by atoms with Crippen molar-refractivity contribution in [2.45, 2.75) is 57.5 Å². The van der Waals surface area contributed by atoms with Crippen molar-refractivity contribution in [2.75, 3.05) is 26.7 Å². The molecule has 1 saturated carbocycles. The van der Waals surface area contributed by atoms with Gasteiger partial charge in [-0.2, -0.15) is 0 Å². The van der Waals surface area contributed by atoms with Crippen LogP contribution in [0.3, 0.4) is 0 Å². The Morgan fingerprint density at radius 1 is 1.19 bits per heavy atom. The summed E-state index contributed by atoms with van der Waals surface area (Å²) in [6, 6.07) is 0.673. The first-order chi connectivity index (χ1) is 9.11. The minimum absolute atomic E-state index is 0. The Labute approximate surface area is 141 Å². The normalized spacial score (nSPS) is 27.4. The van der Waals surface area contributed by atoms with Gasteiger partial charge in [-0.15, -0.1) is 24.8 Å². The van der Waals surface area contributed by atoms with Gasteiger partial charge in [-0.3, -0.25) is 4.79 Å². The molecule has 0 aromatic carbocycles. The molecule has 2 fully saturated rings. The summed E-state index contributed by atoms with van der Waals surface area (Å²) in [5, 5.41) is 0. The van der Waals surface area contributed by atoms with Crippen molar-refractivity contribution in [3.8, 4) is 0 Å². The number of likely N-dealkylation sites (tertiary alicyclic amines) is 1. The molecule has 0 aromatic heterocycles. The van der Waals surface area contributed by atoms with Gasteiger partial charge >= 0.3 is 0 Å². The SMILES string of the molecule is CCN1CCC(N(C)C(=O)C2CCCC(N)C2)CC1.Cl.Cl. The van der Waals surface area contributed by atoms with Crippen molar-refractivity contribution in [2.24, 2.45) is 11.7 Å². The molecule has 1 amide bonds. The number of piperidine rings is 1. The number of nitrogens with two attached hydrogens (primary N) is 1. The van der Waals surface area contributed by atoms with Crippen LogP contribution in [0.2, 0.25) is 0 Å². The molecular weight excluding hydrogens is 309 g/mol. The van der Waals surface area contributed by atoms with Crippen LogP contribution in [0.5, 0.6) is 0 Å². The van der Waals surface area contributed by atoms with E-state index in [2.05, 4.69) is 11.8 Å². The molecule has 1 aliphatic heterocycles. The lowest BCUT2D eigenvalue weighted by atomic mass is 9.85. The van der Waals surface area contributed by atoms with E-state index in [4.69, 9.17) is 5.73 Å². The van der Waals surface area contributed by atoms with Crippen LogP contribution < -0.4 is 5.73 Å². The van der Waals surface area contributed by atoms with Gasteiger partial charge in [0.25, 0.3) is 0 Å². The van der Waals surface area contributed by atoms with Crippen LogP contribution in [-0.2, 0) is 4.79 Å². The molecule has 2 atom stereocenters. The zero-order valence-electron chi connectivity index (χ0n) is 13.3. The highest BCUT2D eigenvalue weighted by atomic mass is 35.5. The van der Waals surface area contributed by atoms with E-state index in [1.165, 1.54) is 0 Å². The first kappa shape index (κ1) is 21.0. The van der Waals surface area contributed by atoms with Crippen molar-refractivity contribution in [1.82, 2.24) is 9.80 Å². The monoisotopic (exact) mass is 339 g/mol. The van der Waals surface area contributed by atoms with Crippen LogP contribution in [0.1, 0.15) is 45.4 Å². The largest absolute Gasteiger partial charge is 0.342 e. The number of hydrogen-bond donors (Lipinski definition) is 1. The van der Waals surface area contributed by atoms with Crippen molar-refractivity contribution < 1.29 is 4.79 Å². The fourth-order valence-electron chi connectivity index (χ4n) is 3.54. The number of halogens is 2. The lowest BCUT2D eigenvalue weighted by Crippen LogP contribution is -2.48. The van der Waals surface area contributed by atoms with E-state index >= 15 is 0 Å². The Balaban J connectivity index is 0.00000200. The van der Waals surface area contributed by atoms with Crippen LogP contribution in [0.25, 0.3) is 0 Å². The van der Waals surface area contributed by atoms with E-state index in [1.807, 2.05) is 11.9 Å². The van der Waals surface area contributed by atoms with Crippen molar-refractivity contribution in [1.29, 1.82) is 0 Å². The molecule has 0 spiro atoms. The fraction of sp³-hybridized carbons (Fsp3) is 0.933. The maximum atomic E-state index is 12.6. The highest BCUT2D eigenvalue weighted by Gasteiger charge is 2.31. The first-order valence-electron chi connectivity index (χ1n) is 7.86. The molecule has 126 valence electrons. The molecule has 1 saturated heterocycles. The van der Waals surface area contributed by atoms with E-state index in [1.54, 1.807) is 0 Å². The summed E-state index contributed by atoms with van der Waals surface area (Å²) in [6.45, 7) is 5.59. The summed E-state index contributed by atoms with van der Waals surface area (Å²) in [5.74, 6) is 0.517. The molecule has 0 bridgehead atoms. The van der Waals surface area contributed by atoms with Crippen LogP contribution >= 0.6 is 24.8 Å². The maximum absolute atomic E-state index is 12.6. The molecule has 0 aromatic rings. The van der Waals surface area contributed by atoms with Crippen LogP contribution in [0.15, 0.2) is 0 Å². The molecule has 21 heavy (non-hydrogen) atoms. The minimum Gasteiger partial charge on any atom is -0.342 e. The molecule has 0 radical (unpaired) electrons. The molecule has 1 heterocycles. The third-order valence-electron chi connectivity index (χ3n) is 4.96. The van der Waals surface area contributed by atoms with Crippen molar-refractivity contribution in [3.05, 3.63) is 0 Å². The predicted octanol–water partition coefficient (Wildman–Crippen LogP) is 2.29. The third kappa shape index (κ3) is 5.59. The zero-order valence-corrected chi connectivity index (χ0v) is 14.9. The van der Waals surface area contributed by atoms with E-state index in [0.29, 0.717) is 11.9 Å². The second-order valence-corrected chi connectivity index (χ2v) is 6.24. The van der Waals surface area contributed by atoms with Gasteiger partial charge in [0, 0.05) is 38.1 Å². The van der Waals surface area contributed by atoms with Crippen molar-refractivity contribution >= 4 is 30.7 Å². The number of hydrogen-bond acceptors (Lipinski definition) is 3. The quantitative estimate of drug-likeness (QED) is 0.858. The number of amides is 1. The van der Waals surface area contributed by atoms with Crippen molar-refractivity contribution in [3.63, 3.8) is 0 Å². The lowest BCUT2D eigenvalue weighted by molar-refractivity contribution is -0.138. The van der Waals surface area contributed by atoms with E-state index in [9.17, 15) is 4.79 Å². The number of rotatable bonds is 3. The summed E-state index contributed by atoms with van der Waals surface area (Å²) in [5.41, 5.74) is 6.00. The van der Waals surface area contributed by atoms with Gasteiger partial charge in [0.1, 0.15) is 0 Å². The Kier molecular flexibility index (Phi) is 9.87. The molecule has 4 nitrogen and oxygen atoms in total. The second-order valence-electron chi connectivity index (χ2n) is 6.24. The van der Waals surface area contributed by atoms with E-state index < -0.39 is 0 Å². The summed E-state index contributed by atoms with van der Waals surface area (Å²) in [4.78, 5) is 17.0. The van der Waals surface area contributed by atoms with E-state index in [0.717, 1.165) is 58.2 Å². The smallest absolute Gasteiger partial charge is 0.225 e. The minimum atomic E-state index is 0. The summed E-state index contributed by atoms with van der Waals surface area (Å²) in [6.07, 6.45) is 6.35. The number of carbonyl (C=O) groups excluding carboxylic acids is 1. The number of carbonyl (C=O) groups is 1. The molecule has 2 N–H and O–H groups in total. The summed E-state index contributed by atoms with van der Waals surface area (Å²) >= 11 is 0. The lowest BCUT2D eigenvalue weighted by Gasteiger charge is -2.38.